The second-order valence-electron chi connectivity index (χ2n) is 13.3. The number of hydrogen-bond acceptors (Lipinski definition) is 5. The zero-order valence-corrected chi connectivity index (χ0v) is 27.6. The van der Waals surface area contributed by atoms with Gasteiger partial charge in [0.1, 0.15) is 17.1 Å². The van der Waals surface area contributed by atoms with E-state index in [0.29, 0.717) is 17.9 Å². The van der Waals surface area contributed by atoms with Crippen LogP contribution in [-0.2, 0) is 11.2 Å². The third kappa shape index (κ3) is 8.07. The third-order valence-electron chi connectivity index (χ3n) is 9.07. The lowest BCUT2D eigenvalue weighted by molar-refractivity contribution is 0.0488. The molecule has 2 aromatic rings. The van der Waals surface area contributed by atoms with Crippen LogP contribution in [0.4, 0.5) is 5.69 Å². The molecule has 0 spiro atoms. The van der Waals surface area contributed by atoms with Crippen molar-refractivity contribution in [1.82, 2.24) is 0 Å². The summed E-state index contributed by atoms with van der Waals surface area (Å²) in [5.41, 5.74) is 14.3. The summed E-state index contributed by atoms with van der Waals surface area (Å²) in [4.78, 5) is 14.9. The summed E-state index contributed by atoms with van der Waals surface area (Å²) in [6.07, 6.45) is 8.31. The van der Waals surface area contributed by atoms with Crippen molar-refractivity contribution < 1.29 is 18.7 Å². The molecule has 3 rings (SSSR count). The first-order valence-electron chi connectivity index (χ1n) is 15.0. The predicted molar refractivity (Wildman–Crippen MR) is 169 cm³/mol. The van der Waals surface area contributed by atoms with Crippen LogP contribution in [0.2, 0.25) is 18.1 Å². The van der Waals surface area contributed by atoms with E-state index in [1.807, 2.05) is 0 Å². The summed E-state index contributed by atoms with van der Waals surface area (Å²) in [6.45, 7) is 20.7. The Morgan fingerprint density at radius 3 is 2.29 bits per heavy atom. The van der Waals surface area contributed by atoms with E-state index < -0.39 is 8.32 Å². The summed E-state index contributed by atoms with van der Waals surface area (Å²) in [6, 6.07) is 6.45. The lowest BCUT2D eigenvalue weighted by Gasteiger charge is -2.41. The van der Waals surface area contributed by atoms with Gasteiger partial charge in [0.25, 0.3) is 8.32 Å². The minimum Gasteiger partial charge on any atom is -0.543 e. The SMILES string of the molecule is Cc1c(C)c2c(c(C)c1O[Si](C)(C)C(C)(C)C)CC[C@@](C)(CCCCCCCOC(=O)c1ccc(N=[N+]=[N-])cc1)O2. The molecular formula is C33H49N3O4Si. The van der Waals surface area contributed by atoms with E-state index in [4.69, 9.17) is 19.4 Å². The number of ether oxygens (including phenoxy) is 2. The summed E-state index contributed by atoms with van der Waals surface area (Å²) >= 11 is 0. The molecule has 0 aromatic heterocycles. The van der Waals surface area contributed by atoms with Gasteiger partial charge in [-0.3, -0.25) is 0 Å². The van der Waals surface area contributed by atoms with Gasteiger partial charge in [-0.1, -0.05) is 57.3 Å². The number of benzene rings is 2. The van der Waals surface area contributed by atoms with Crippen LogP contribution in [0.1, 0.15) is 105 Å². The Kier molecular flexibility index (Phi) is 10.6. The van der Waals surface area contributed by atoms with Crippen molar-refractivity contribution in [3.05, 3.63) is 62.5 Å². The number of esters is 1. The molecule has 0 amide bonds. The lowest BCUT2D eigenvalue weighted by Crippen LogP contribution is -2.44. The molecule has 0 saturated carbocycles. The van der Waals surface area contributed by atoms with Crippen molar-refractivity contribution in [2.45, 2.75) is 124 Å². The van der Waals surface area contributed by atoms with Crippen molar-refractivity contribution in [2.24, 2.45) is 5.11 Å². The highest BCUT2D eigenvalue weighted by molar-refractivity contribution is 6.74. The van der Waals surface area contributed by atoms with E-state index >= 15 is 0 Å². The zero-order valence-electron chi connectivity index (χ0n) is 26.6. The second kappa shape index (κ2) is 13.3. The van der Waals surface area contributed by atoms with Crippen LogP contribution >= 0.6 is 0 Å². The van der Waals surface area contributed by atoms with Gasteiger partial charge in [0.05, 0.1) is 12.2 Å². The maximum absolute atomic E-state index is 12.2. The molecule has 1 heterocycles. The minimum absolute atomic E-state index is 0.151. The van der Waals surface area contributed by atoms with Crippen LogP contribution in [0, 0.1) is 20.8 Å². The van der Waals surface area contributed by atoms with Crippen LogP contribution in [0.3, 0.4) is 0 Å². The lowest BCUT2D eigenvalue weighted by atomic mass is 9.84. The van der Waals surface area contributed by atoms with Crippen molar-refractivity contribution in [1.29, 1.82) is 0 Å². The zero-order chi connectivity index (χ0) is 30.4. The first kappa shape index (κ1) is 32.6. The van der Waals surface area contributed by atoms with Gasteiger partial charge >= 0.3 is 5.97 Å². The number of hydrogen-bond donors (Lipinski definition) is 0. The van der Waals surface area contributed by atoms with Crippen LogP contribution in [-0.4, -0.2) is 26.5 Å². The fraction of sp³-hybridized carbons (Fsp3) is 0.606. The van der Waals surface area contributed by atoms with E-state index in [1.54, 1.807) is 24.3 Å². The van der Waals surface area contributed by atoms with Crippen LogP contribution in [0.5, 0.6) is 11.5 Å². The molecule has 1 aliphatic rings. The van der Waals surface area contributed by atoms with Gasteiger partial charge in [-0.15, -0.1) is 0 Å². The molecule has 0 radical (unpaired) electrons. The number of carbonyl (C=O) groups excluding carboxylic acids is 1. The summed E-state index contributed by atoms with van der Waals surface area (Å²) < 4.78 is 19.0. The van der Waals surface area contributed by atoms with E-state index in [0.717, 1.165) is 62.9 Å². The van der Waals surface area contributed by atoms with Gasteiger partial charge in [-0.2, -0.15) is 0 Å². The van der Waals surface area contributed by atoms with Crippen LogP contribution in [0.25, 0.3) is 10.4 Å². The Morgan fingerprint density at radius 1 is 1.02 bits per heavy atom. The Labute approximate surface area is 247 Å². The monoisotopic (exact) mass is 579 g/mol. The number of unbranched alkanes of at least 4 members (excludes halogenated alkanes) is 4. The largest absolute Gasteiger partial charge is 0.543 e. The van der Waals surface area contributed by atoms with E-state index in [-0.39, 0.29) is 16.6 Å². The molecular weight excluding hydrogens is 530 g/mol. The molecule has 7 nitrogen and oxygen atoms in total. The normalized spacial score (nSPS) is 16.8. The maximum atomic E-state index is 12.2. The highest BCUT2D eigenvalue weighted by atomic mass is 28.4. The highest BCUT2D eigenvalue weighted by Crippen LogP contribution is 2.47. The molecule has 0 N–H and O–H groups in total. The Bertz CT molecular complexity index is 1280. The predicted octanol–water partition coefficient (Wildman–Crippen LogP) is 10.2. The molecule has 8 heteroatoms. The van der Waals surface area contributed by atoms with Gasteiger partial charge < -0.3 is 13.9 Å². The van der Waals surface area contributed by atoms with Crippen molar-refractivity contribution in [3.8, 4) is 11.5 Å². The quantitative estimate of drug-likeness (QED) is 0.0624. The second-order valence-corrected chi connectivity index (χ2v) is 18.0. The smallest absolute Gasteiger partial charge is 0.338 e. The Balaban J connectivity index is 1.45. The number of fused-ring (bicyclic) bond motifs is 1. The van der Waals surface area contributed by atoms with Gasteiger partial charge in [-0.05, 0) is 112 Å². The number of azide groups is 1. The summed E-state index contributed by atoms with van der Waals surface area (Å²) in [7, 11) is -1.94. The maximum Gasteiger partial charge on any atom is 0.338 e. The van der Waals surface area contributed by atoms with E-state index in [1.165, 1.54) is 22.3 Å². The topological polar surface area (TPSA) is 93.5 Å². The molecule has 41 heavy (non-hydrogen) atoms. The van der Waals surface area contributed by atoms with Crippen molar-refractivity contribution in [3.63, 3.8) is 0 Å². The van der Waals surface area contributed by atoms with Crippen molar-refractivity contribution in [2.75, 3.05) is 6.61 Å². The van der Waals surface area contributed by atoms with Gasteiger partial charge in [-0.25, -0.2) is 4.79 Å². The average Bonchev–Trinajstić information content (AvgIpc) is 2.91. The summed E-state index contributed by atoms with van der Waals surface area (Å²) in [5, 5.41) is 3.66. The fourth-order valence-electron chi connectivity index (χ4n) is 5.11. The summed E-state index contributed by atoms with van der Waals surface area (Å²) in [5.74, 6) is 1.80. The number of carbonyl (C=O) groups is 1. The van der Waals surface area contributed by atoms with Crippen molar-refractivity contribution >= 4 is 20.0 Å². The Morgan fingerprint density at radius 2 is 1.66 bits per heavy atom. The number of rotatable bonds is 12. The van der Waals surface area contributed by atoms with Gasteiger partial charge in [0.2, 0.25) is 0 Å². The highest BCUT2D eigenvalue weighted by Gasteiger charge is 2.41. The first-order valence-corrected chi connectivity index (χ1v) is 17.9. The molecule has 0 fully saturated rings. The average molecular weight is 580 g/mol. The Hall–Kier alpha value is -2.96. The standard InChI is InChI=1S/C33H49N3O4Si/c1-23-24(2)30-28(25(3)29(23)40-41(8,9)32(4,5)6)19-21-33(7,39-30)20-13-11-10-12-14-22-38-31(37)26-15-17-27(18-16-26)35-36-34/h15-18H,10-14,19-22H2,1-9H3/t33-/m1/s1. The molecule has 0 bridgehead atoms. The fourth-order valence-corrected chi connectivity index (χ4v) is 6.24. The molecule has 0 aliphatic carbocycles. The molecule has 0 unspecified atom stereocenters. The van der Waals surface area contributed by atoms with Gasteiger partial charge in [0.15, 0.2) is 0 Å². The molecule has 224 valence electrons. The van der Waals surface area contributed by atoms with Crippen LogP contribution < -0.4 is 9.16 Å². The third-order valence-corrected chi connectivity index (χ3v) is 13.4. The molecule has 2 aromatic carbocycles. The van der Waals surface area contributed by atoms with Gasteiger partial charge in [0, 0.05) is 16.2 Å². The van der Waals surface area contributed by atoms with Crippen LogP contribution in [0.15, 0.2) is 29.4 Å². The molecule has 1 aliphatic heterocycles. The number of nitrogens with zero attached hydrogens (tertiary/aromatic N) is 3. The minimum atomic E-state index is -1.94. The van der Waals surface area contributed by atoms with E-state index in [2.05, 4.69) is 71.6 Å². The molecule has 1 atom stereocenters. The van der Waals surface area contributed by atoms with E-state index in [9.17, 15) is 4.79 Å². The molecule has 0 saturated heterocycles. The first-order chi connectivity index (χ1) is 19.2.